The average Bonchev–Trinajstić information content (AvgIpc) is 2.91. The molecule has 0 aliphatic rings. The van der Waals surface area contributed by atoms with Gasteiger partial charge in [0.15, 0.2) is 5.76 Å². The molecule has 0 N–H and O–H groups in total. The Morgan fingerprint density at radius 3 is 2.78 bits per heavy atom. The summed E-state index contributed by atoms with van der Waals surface area (Å²) in [5.41, 5.74) is 2.28. The van der Waals surface area contributed by atoms with Crippen LogP contribution in [0, 0.1) is 6.92 Å². The van der Waals surface area contributed by atoms with Gasteiger partial charge in [0.25, 0.3) is 0 Å². The average molecular weight is 237 g/mol. The predicted molar refractivity (Wildman–Crippen MR) is 68.6 cm³/mol. The number of furan rings is 1. The molecule has 0 unspecified atom stereocenters. The number of para-hydroxylation sites is 1. The summed E-state index contributed by atoms with van der Waals surface area (Å²) >= 11 is 0. The first-order valence-corrected chi connectivity index (χ1v) is 5.70. The van der Waals surface area contributed by atoms with Gasteiger partial charge in [0, 0.05) is 5.39 Å². The summed E-state index contributed by atoms with van der Waals surface area (Å²) in [6, 6.07) is 12.9. The van der Waals surface area contributed by atoms with Crippen molar-refractivity contribution in [3.8, 4) is 0 Å². The number of ketones is 1. The molecular formula is C15H11NO2. The lowest BCUT2D eigenvalue weighted by Gasteiger charge is -2.04. The fraction of sp³-hybridized carbons (Fsp3) is 0.0667. The highest BCUT2D eigenvalue weighted by molar-refractivity contribution is 6.07. The summed E-state index contributed by atoms with van der Waals surface area (Å²) in [6.07, 6.45) is 1.49. The topological polar surface area (TPSA) is 43.1 Å². The molecule has 3 heteroatoms. The molecule has 0 spiro atoms. The van der Waals surface area contributed by atoms with Gasteiger partial charge in [-0.05, 0) is 36.8 Å². The number of aromatic nitrogens is 1. The Bertz CT molecular complexity index is 714. The van der Waals surface area contributed by atoms with E-state index in [2.05, 4.69) is 4.98 Å². The van der Waals surface area contributed by atoms with E-state index in [9.17, 15) is 4.79 Å². The third kappa shape index (κ3) is 1.70. The van der Waals surface area contributed by atoms with E-state index in [0.717, 1.165) is 16.5 Å². The van der Waals surface area contributed by atoms with Crippen LogP contribution in [0.2, 0.25) is 0 Å². The van der Waals surface area contributed by atoms with E-state index in [1.54, 1.807) is 18.2 Å². The van der Waals surface area contributed by atoms with Gasteiger partial charge < -0.3 is 4.42 Å². The van der Waals surface area contributed by atoms with Crippen LogP contribution in [0.3, 0.4) is 0 Å². The molecule has 3 aromatic rings. The number of aryl methyl sites for hydroxylation is 1. The highest BCUT2D eigenvalue weighted by atomic mass is 16.3. The van der Waals surface area contributed by atoms with Gasteiger partial charge in [-0.1, -0.05) is 18.2 Å². The molecule has 0 saturated carbocycles. The van der Waals surface area contributed by atoms with Crippen molar-refractivity contribution in [2.75, 3.05) is 0 Å². The van der Waals surface area contributed by atoms with Gasteiger partial charge in [0.05, 0.1) is 11.8 Å². The van der Waals surface area contributed by atoms with Gasteiger partial charge in [0.1, 0.15) is 5.69 Å². The highest BCUT2D eigenvalue weighted by Crippen LogP contribution is 2.19. The molecule has 0 saturated heterocycles. The van der Waals surface area contributed by atoms with Crippen molar-refractivity contribution in [1.29, 1.82) is 0 Å². The van der Waals surface area contributed by atoms with Crippen LogP contribution < -0.4 is 0 Å². The van der Waals surface area contributed by atoms with E-state index < -0.39 is 0 Å². The molecule has 0 fully saturated rings. The maximum absolute atomic E-state index is 12.1. The van der Waals surface area contributed by atoms with E-state index in [1.807, 2.05) is 31.2 Å². The summed E-state index contributed by atoms with van der Waals surface area (Å²) in [6.45, 7) is 1.98. The Morgan fingerprint density at radius 1 is 1.17 bits per heavy atom. The van der Waals surface area contributed by atoms with Crippen LogP contribution >= 0.6 is 0 Å². The Labute approximate surface area is 104 Å². The molecule has 0 aliphatic heterocycles. The quantitative estimate of drug-likeness (QED) is 0.642. The number of fused-ring (bicyclic) bond motifs is 1. The van der Waals surface area contributed by atoms with E-state index >= 15 is 0 Å². The summed E-state index contributed by atoms with van der Waals surface area (Å²) in [4.78, 5) is 16.5. The van der Waals surface area contributed by atoms with Gasteiger partial charge >= 0.3 is 0 Å². The van der Waals surface area contributed by atoms with Crippen LogP contribution in [-0.4, -0.2) is 10.8 Å². The first-order valence-electron chi connectivity index (χ1n) is 5.70. The zero-order chi connectivity index (χ0) is 12.5. The lowest BCUT2D eigenvalue weighted by Crippen LogP contribution is -2.03. The van der Waals surface area contributed by atoms with Gasteiger partial charge in [-0.15, -0.1) is 0 Å². The molecule has 0 amide bonds. The van der Waals surface area contributed by atoms with Crippen molar-refractivity contribution in [2.24, 2.45) is 0 Å². The zero-order valence-corrected chi connectivity index (χ0v) is 9.88. The summed E-state index contributed by atoms with van der Waals surface area (Å²) in [5.74, 6) is 0.131. The van der Waals surface area contributed by atoms with E-state index in [-0.39, 0.29) is 5.78 Å². The Morgan fingerprint density at radius 2 is 2.00 bits per heavy atom. The normalized spacial score (nSPS) is 10.7. The maximum atomic E-state index is 12.1. The second kappa shape index (κ2) is 4.11. The lowest BCUT2D eigenvalue weighted by atomic mass is 10.1. The van der Waals surface area contributed by atoms with E-state index in [4.69, 9.17) is 4.42 Å². The Kier molecular flexibility index (Phi) is 2.45. The summed E-state index contributed by atoms with van der Waals surface area (Å²) in [7, 11) is 0. The van der Waals surface area contributed by atoms with Gasteiger partial charge in [-0.25, -0.2) is 4.98 Å². The van der Waals surface area contributed by atoms with Gasteiger partial charge in [-0.2, -0.15) is 0 Å². The predicted octanol–water partition coefficient (Wildman–Crippen LogP) is 3.37. The zero-order valence-electron chi connectivity index (χ0n) is 9.88. The van der Waals surface area contributed by atoms with Crippen LogP contribution in [0.4, 0.5) is 0 Å². The van der Waals surface area contributed by atoms with Crippen molar-refractivity contribution >= 4 is 16.7 Å². The van der Waals surface area contributed by atoms with Crippen LogP contribution in [-0.2, 0) is 0 Å². The van der Waals surface area contributed by atoms with Crippen molar-refractivity contribution in [3.63, 3.8) is 0 Å². The van der Waals surface area contributed by atoms with Gasteiger partial charge in [-0.3, -0.25) is 4.79 Å². The number of nitrogens with zero attached hydrogens (tertiary/aromatic N) is 1. The molecule has 3 rings (SSSR count). The first-order chi connectivity index (χ1) is 8.75. The lowest BCUT2D eigenvalue weighted by molar-refractivity contribution is 0.100. The minimum atomic E-state index is -0.186. The van der Waals surface area contributed by atoms with Gasteiger partial charge in [0.2, 0.25) is 5.78 Å². The standard InChI is InChI=1S/C15H11NO2/c1-10-9-13(15(17)14-7-4-8-18-14)16-12-6-3-2-5-11(10)12/h2-9H,1H3. The van der Waals surface area contributed by atoms with Crippen LogP contribution in [0.15, 0.2) is 53.1 Å². The van der Waals surface area contributed by atoms with Crippen molar-refractivity contribution < 1.29 is 9.21 Å². The third-order valence-corrected chi connectivity index (χ3v) is 2.90. The minimum Gasteiger partial charge on any atom is -0.461 e. The molecule has 2 aromatic heterocycles. The highest BCUT2D eigenvalue weighted by Gasteiger charge is 2.14. The Hall–Kier alpha value is -2.42. The number of hydrogen-bond donors (Lipinski definition) is 0. The van der Waals surface area contributed by atoms with Crippen molar-refractivity contribution in [1.82, 2.24) is 4.98 Å². The van der Waals surface area contributed by atoms with Crippen LogP contribution in [0.25, 0.3) is 10.9 Å². The monoisotopic (exact) mass is 237 g/mol. The SMILES string of the molecule is Cc1cc(C(=O)c2ccco2)nc2ccccc12. The largest absolute Gasteiger partial charge is 0.461 e. The van der Waals surface area contributed by atoms with Crippen molar-refractivity contribution in [3.05, 3.63) is 65.7 Å². The second-order valence-electron chi connectivity index (χ2n) is 4.15. The third-order valence-electron chi connectivity index (χ3n) is 2.90. The number of carbonyl (C=O) groups excluding carboxylic acids is 1. The number of pyridine rings is 1. The fourth-order valence-corrected chi connectivity index (χ4v) is 2.00. The van der Waals surface area contributed by atoms with E-state index in [1.165, 1.54) is 6.26 Å². The number of benzene rings is 1. The molecule has 0 radical (unpaired) electrons. The minimum absolute atomic E-state index is 0.186. The summed E-state index contributed by atoms with van der Waals surface area (Å²) in [5, 5.41) is 1.06. The van der Waals surface area contributed by atoms with E-state index in [0.29, 0.717) is 11.5 Å². The number of carbonyl (C=O) groups is 1. The molecule has 3 nitrogen and oxygen atoms in total. The van der Waals surface area contributed by atoms with Crippen LogP contribution in [0.5, 0.6) is 0 Å². The second-order valence-corrected chi connectivity index (χ2v) is 4.15. The molecule has 1 aromatic carbocycles. The maximum Gasteiger partial charge on any atom is 0.246 e. The first kappa shape index (κ1) is 10.7. The Balaban J connectivity index is 2.16. The molecule has 0 aliphatic carbocycles. The summed E-state index contributed by atoms with van der Waals surface area (Å²) < 4.78 is 5.11. The smallest absolute Gasteiger partial charge is 0.246 e. The molecule has 0 atom stereocenters. The molecule has 2 heterocycles. The number of rotatable bonds is 2. The molecule has 0 bridgehead atoms. The number of hydrogen-bond acceptors (Lipinski definition) is 3. The fourth-order valence-electron chi connectivity index (χ4n) is 2.00. The molecular weight excluding hydrogens is 226 g/mol. The van der Waals surface area contributed by atoms with Crippen LogP contribution in [0.1, 0.15) is 21.8 Å². The van der Waals surface area contributed by atoms with Crippen molar-refractivity contribution in [2.45, 2.75) is 6.92 Å². The molecule has 88 valence electrons. The molecule has 18 heavy (non-hydrogen) atoms.